The number of ether oxygens (including phenoxy) is 1. The van der Waals surface area contributed by atoms with E-state index in [4.69, 9.17) is 4.74 Å². The van der Waals surface area contributed by atoms with Gasteiger partial charge >= 0.3 is 0 Å². The van der Waals surface area contributed by atoms with Gasteiger partial charge in [0.15, 0.2) is 6.04 Å². The number of fused-ring (bicyclic) bond motifs is 2. The molecule has 9 heteroatoms. The number of carbonyl (C=O) groups excluding carboxylic acids is 3. The molecular weight excluding hydrogens is 596 g/mol. The van der Waals surface area contributed by atoms with Crippen molar-refractivity contribution in [2.75, 3.05) is 23.5 Å². The number of halogens is 1. The van der Waals surface area contributed by atoms with Crippen LogP contribution in [0.1, 0.15) is 25.8 Å². The summed E-state index contributed by atoms with van der Waals surface area (Å²) in [5.74, 6) is -0.849. The van der Waals surface area contributed by atoms with E-state index in [0.29, 0.717) is 35.8 Å². The highest BCUT2D eigenvalue weighted by molar-refractivity contribution is 9.10. The predicted octanol–water partition coefficient (Wildman–Crippen LogP) is 5.70. The first-order valence-corrected chi connectivity index (χ1v) is 14.8. The van der Waals surface area contributed by atoms with Crippen molar-refractivity contribution in [1.82, 2.24) is 10.6 Å². The summed E-state index contributed by atoms with van der Waals surface area (Å²) in [6, 6.07) is 24.2. The summed E-state index contributed by atoms with van der Waals surface area (Å²) in [4.78, 5) is 45.3. The van der Waals surface area contributed by atoms with Crippen LogP contribution >= 0.6 is 15.9 Å². The van der Waals surface area contributed by atoms with Gasteiger partial charge < -0.3 is 20.3 Å². The standard InChI is InChI=1S/C33H33BrN4O4/c1-4-26(35-5-2)31(39)36-30-32(40)37(20-25-24-17-16-22(34)19-21(24)15-18-29(25)42-3)27-13-9-10-14-28(27)38(33(30)41)23-11-7-6-8-12-23/h6-19,26,30,35H,4-5,20H2,1-3H3,(H,36,39)/t26-,30?/m0/s1. The molecule has 0 saturated carbocycles. The summed E-state index contributed by atoms with van der Waals surface area (Å²) in [5, 5.41) is 7.82. The number of amides is 3. The molecule has 216 valence electrons. The number of nitrogens with one attached hydrogen (secondary N) is 2. The molecule has 0 aromatic heterocycles. The lowest BCUT2D eigenvalue weighted by atomic mass is 10.0. The predicted molar refractivity (Wildman–Crippen MR) is 169 cm³/mol. The number of rotatable bonds is 9. The zero-order valence-electron chi connectivity index (χ0n) is 23.8. The van der Waals surface area contributed by atoms with Gasteiger partial charge in [-0.15, -0.1) is 0 Å². The van der Waals surface area contributed by atoms with Crippen LogP contribution in [0.5, 0.6) is 5.75 Å². The van der Waals surface area contributed by atoms with E-state index in [1.54, 1.807) is 12.0 Å². The number of nitrogens with zero attached hydrogens (tertiary/aromatic N) is 2. The molecule has 3 amide bonds. The summed E-state index contributed by atoms with van der Waals surface area (Å²) < 4.78 is 6.68. The summed E-state index contributed by atoms with van der Waals surface area (Å²) >= 11 is 3.54. The van der Waals surface area contributed by atoms with Crippen molar-refractivity contribution >= 4 is 61.5 Å². The molecule has 2 atom stereocenters. The van der Waals surface area contributed by atoms with Gasteiger partial charge in [0, 0.05) is 15.7 Å². The molecule has 0 saturated heterocycles. The van der Waals surface area contributed by atoms with Crippen LogP contribution in [-0.2, 0) is 20.9 Å². The topological polar surface area (TPSA) is 91.0 Å². The van der Waals surface area contributed by atoms with E-state index in [1.807, 2.05) is 98.8 Å². The van der Waals surface area contributed by atoms with Gasteiger partial charge in [-0.3, -0.25) is 19.3 Å². The van der Waals surface area contributed by atoms with Crippen LogP contribution in [0.25, 0.3) is 10.8 Å². The lowest BCUT2D eigenvalue weighted by Gasteiger charge is -2.27. The van der Waals surface area contributed by atoms with Crippen LogP contribution in [0.3, 0.4) is 0 Å². The van der Waals surface area contributed by atoms with Crippen molar-refractivity contribution in [3.63, 3.8) is 0 Å². The van der Waals surface area contributed by atoms with Gasteiger partial charge in [0.1, 0.15) is 5.75 Å². The van der Waals surface area contributed by atoms with Crippen LogP contribution in [-0.4, -0.2) is 43.5 Å². The Hall–Kier alpha value is -4.21. The van der Waals surface area contributed by atoms with E-state index in [1.165, 1.54) is 4.90 Å². The highest BCUT2D eigenvalue weighted by atomic mass is 79.9. The molecule has 0 bridgehead atoms. The quantitative estimate of drug-likeness (QED) is 0.232. The summed E-state index contributed by atoms with van der Waals surface area (Å²) in [5.41, 5.74) is 2.47. The molecule has 1 aliphatic rings. The van der Waals surface area contributed by atoms with Crippen molar-refractivity contribution in [3.05, 3.63) is 95.0 Å². The summed E-state index contributed by atoms with van der Waals surface area (Å²) in [6.07, 6.45) is 0.504. The molecule has 0 spiro atoms. The third-order valence-electron chi connectivity index (χ3n) is 7.46. The van der Waals surface area contributed by atoms with Crippen LogP contribution in [0.15, 0.2) is 89.4 Å². The van der Waals surface area contributed by atoms with Crippen LogP contribution in [0.4, 0.5) is 17.1 Å². The molecule has 2 N–H and O–H groups in total. The number of hydrogen-bond acceptors (Lipinski definition) is 5. The first-order chi connectivity index (χ1) is 20.4. The van der Waals surface area contributed by atoms with Crippen LogP contribution < -0.4 is 25.2 Å². The molecule has 42 heavy (non-hydrogen) atoms. The molecule has 1 unspecified atom stereocenters. The van der Waals surface area contributed by atoms with E-state index < -0.39 is 29.8 Å². The Kier molecular flexibility index (Phi) is 8.89. The molecule has 1 heterocycles. The van der Waals surface area contributed by atoms with Gasteiger partial charge in [-0.2, -0.15) is 0 Å². The van der Waals surface area contributed by atoms with E-state index >= 15 is 0 Å². The molecular formula is C33H33BrN4O4. The van der Waals surface area contributed by atoms with Gasteiger partial charge in [0.25, 0.3) is 11.8 Å². The minimum atomic E-state index is -1.45. The lowest BCUT2D eigenvalue weighted by molar-refractivity contribution is -0.134. The van der Waals surface area contributed by atoms with Crippen LogP contribution in [0, 0.1) is 0 Å². The highest BCUT2D eigenvalue weighted by Gasteiger charge is 2.42. The van der Waals surface area contributed by atoms with E-state index in [2.05, 4.69) is 26.6 Å². The third kappa shape index (κ3) is 5.62. The van der Waals surface area contributed by atoms with Crippen molar-refractivity contribution in [1.29, 1.82) is 0 Å². The molecule has 0 radical (unpaired) electrons. The average Bonchev–Trinajstić information content (AvgIpc) is 3.09. The molecule has 0 fully saturated rings. The Morgan fingerprint density at radius 3 is 2.33 bits per heavy atom. The number of carbonyl (C=O) groups is 3. The number of methoxy groups -OCH3 is 1. The maximum absolute atomic E-state index is 14.5. The van der Waals surface area contributed by atoms with Crippen molar-refractivity contribution < 1.29 is 19.1 Å². The SMILES string of the molecule is CCN[C@@H](CC)C(=O)NC1C(=O)N(Cc2c(OC)ccc3cc(Br)ccc23)c2ccccc2N(c2ccccc2)C1=O. The smallest absolute Gasteiger partial charge is 0.264 e. The monoisotopic (exact) mass is 628 g/mol. The largest absolute Gasteiger partial charge is 0.496 e. The summed E-state index contributed by atoms with van der Waals surface area (Å²) in [6.45, 7) is 4.48. The van der Waals surface area contributed by atoms with Gasteiger partial charge in [0.05, 0.1) is 31.1 Å². The lowest BCUT2D eigenvalue weighted by Crippen LogP contribution is -2.58. The fourth-order valence-corrected chi connectivity index (χ4v) is 5.79. The number of anilines is 3. The molecule has 1 aliphatic heterocycles. The molecule has 0 aliphatic carbocycles. The molecule has 5 rings (SSSR count). The van der Waals surface area contributed by atoms with E-state index in [9.17, 15) is 14.4 Å². The van der Waals surface area contributed by atoms with Gasteiger partial charge in [-0.25, -0.2) is 0 Å². The normalized spacial score (nSPS) is 15.8. The first-order valence-electron chi connectivity index (χ1n) is 14.0. The van der Waals surface area contributed by atoms with E-state index in [0.717, 1.165) is 20.8 Å². The maximum Gasteiger partial charge on any atom is 0.264 e. The Morgan fingerprint density at radius 1 is 0.929 bits per heavy atom. The Balaban J connectivity index is 1.68. The zero-order chi connectivity index (χ0) is 29.8. The number of para-hydroxylation sites is 3. The van der Waals surface area contributed by atoms with Crippen molar-refractivity contribution in [2.24, 2.45) is 0 Å². The summed E-state index contributed by atoms with van der Waals surface area (Å²) in [7, 11) is 1.59. The minimum Gasteiger partial charge on any atom is -0.496 e. The minimum absolute atomic E-state index is 0.116. The molecule has 4 aromatic carbocycles. The Labute approximate surface area is 253 Å². The highest BCUT2D eigenvalue weighted by Crippen LogP contribution is 2.40. The molecule has 4 aromatic rings. The van der Waals surface area contributed by atoms with Crippen molar-refractivity contribution in [3.8, 4) is 5.75 Å². The number of hydrogen-bond donors (Lipinski definition) is 2. The maximum atomic E-state index is 14.5. The van der Waals surface area contributed by atoms with Gasteiger partial charge in [-0.1, -0.05) is 72.2 Å². The molecule has 8 nitrogen and oxygen atoms in total. The van der Waals surface area contributed by atoms with Gasteiger partial charge in [0.2, 0.25) is 5.91 Å². The average molecular weight is 630 g/mol. The first kappa shape index (κ1) is 29.3. The fourth-order valence-electron chi connectivity index (χ4n) is 5.41. The Bertz CT molecular complexity index is 1630. The number of likely N-dealkylation sites (N-methyl/N-ethyl adjacent to an activating group) is 1. The second-order valence-corrected chi connectivity index (χ2v) is 10.9. The fraction of sp³-hybridized carbons (Fsp3) is 0.242. The van der Waals surface area contributed by atoms with Crippen molar-refractivity contribution in [2.45, 2.75) is 38.9 Å². The van der Waals surface area contributed by atoms with E-state index in [-0.39, 0.29) is 6.54 Å². The second kappa shape index (κ2) is 12.8. The van der Waals surface area contributed by atoms with Crippen LogP contribution in [0.2, 0.25) is 0 Å². The number of benzene rings is 4. The van der Waals surface area contributed by atoms with Gasteiger partial charge in [-0.05, 0) is 66.2 Å². The zero-order valence-corrected chi connectivity index (χ0v) is 25.4. The Morgan fingerprint density at radius 2 is 1.64 bits per heavy atom. The third-order valence-corrected chi connectivity index (χ3v) is 7.95. The second-order valence-electron chi connectivity index (χ2n) is 9.99.